The molecule has 0 aromatic heterocycles. The van der Waals surface area contributed by atoms with E-state index in [1.54, 1.807) is 11.0 Å². The molecule has 1 fully saturated rings. The number of anilines is 1. The number of nitrogens with one attached hydrogen (secondary N) is 1. The minimum atomic E-state index is -0.564. The Morgan fingerprint density at radius 1 is 1.06 bits per heavy atom. The fraction of sp³-hybridized carbons (Fsp3) is 0.250. The van der Waals surface area contributed by atoms with E-state index in [1.807, 2.05) is 73.7 Å². The Balaban J connectivity index is 1.48. The average Bonchev–Trinajstić information content (AvgIpc) is 2.87. The molecule has 6 nitrogen and oxygen atoms in total. The molecule has 1 aliphatic rings. The molecule has 3 aromatic rings. The molecule has 1 unspecified atom stereocenters. The summed E-state index contributed by atoms with van der Waals surface area (Å²) in [7, 11) is 0. The van der Waals surface area contributed by atoms with Gasteiger partial charge in [-0.1, -0.05) is 66.4 Å². The first-order chi connectivity index (χ1) is 17.1. The van der Waals surface area contributed by atoms with Crippen LogP contribution in [0.15, 0.2) is 89.9 Å². The number of aliphatic imine (C=N–C) groups is 1. The highest BCUT2D eigenvalue weighted by atomic mass is 32.2. The number of nitrogens with zero attached hydrogens (tertiary/aromatic N) is 2. The Kier molecular flexibility index (Phi) is 8.57. The van der Waals surface area contributed by atoms with Crippen LogP contribution in [0.1, 0.15) is 25.3 Å². The number of hydrogen-bond donors (Lipinski definition) is 1. The van der Waals surface area contributed by atoms with Crippen molar-refractivity contribution in [3.63, 3.8) is 0 Å². The van der Waals surface area contributed by atoms with Gasteiger partial charge in [-0.25, -0.2) is 4.99 Å². The Morgan fingerprint density at radius 3 is 2.54 bits per heavy atom. The van der Waals surface area contributed by atoms with Gasteiger partial charge >= 0.3 is 0 Å². The Hall–Kier alpha value is -3.58. The SMILES string of the molecule is CCOc1cccc(NC(=O)C2CC(=O)N(CCCc3ccccc3)C(=Nc3ccccc3)S2)c1. The zero-order valence-electron chi connectivity index (χ0n) is 19.7. The van der Waals surface area contributed by atoms with Gasteiger partial charge in [0, 0.05) is 24.7 Å². The number of amides is 2. The van der Waals surface area contributed by atoms with Crippen molar-refractivity contribution in [2.75, 3.05) is 18.5 Å². The molecule has 1 saturated heterocycles. The van der Waals surface area contributed by atoms with Gasteiger partial charge in [0.25, 0.3) is 0 Å². The summed E-state index contributed by atoms with van der Waals surface area (Å²) in [5, 5.41) is 2.92. The van der Waals surface area contributed by atoms with Crippen LogP contribution in [0.5, 0.6) is 5.75 Å². The summed E-state index contributed by atoms with van der Waals surface area (Å²) in [6.07, 6.45) is 1.81. The van der Waals surface area contributed by atoms with Gasteiger partial charge in [-0.2, -0.15) is 0 Å². The van der Waals surface area contributed by atoms with Crippen LogP contribution in [0.4, 0.5) is 11.4 Å². The number of carbonyl (C=O) groups is 2. The van der Waals surface area contributed by atoms with Gasteiger partial charge in [0.15, 0.2) is 5.17 Å². The molecular weight excluding hydrogens is 458 g/mol. The summed E-state index contributed by atoms with van der Waals surface area (Å²) in [4.78, 5) is 32.7. The number of rotatable bonds is 9. The number of para-hydroxylation sites is 1. The van der Waals surface area contributed by atoms with Crippen LogP contribution in [-0.4, -0.2) is 40.3 Å². The Morgan fingerprint density at radius 2 is 1.80 bits per heavy atom. The van der Waals surface area contributed by atoms with Gasteiger partial charge in [0.2, 0.25) is 11.8 Å². The molecule has 35 heavy (non-hydrogen) atoms. The van der Waals surface area contributed by atoms with E-state index in [-0.39, 0.29) is 18.2 Å². The first-order valence-corrected chi connectivity index (χ1v) is 12.7. The Bertz CT molecular complexity index is 1170. The van der Waals surface area contributed by atoms with Gasteiger partial charge in [0.1, 0.15) is 11.0 Å². The van der Waals surface area contributed by atoms with Crippen molar-refractivity contribution < 1.29 is 14.3 Å². The standard InChI is InChI=1S/C28H29N3O3S/c1-2-34-24-17-9-16-23(19-24)29-27(33)25-20-26(32)31(18-10-13-21-11-5-3-6-12-21)28(35-25)30-22-14-7-4-8-15-22/h3-9,11-12,14-17,19,25H,2,10,13,18,20H2,1H3,(H,29,33). The largest absolute Gasteiger partial charge is 0.494 e. The van der Waals surface area contributed by atoms with Gasteiger partial charge in [-0.3, -0.25) is 14.5 Å². The molecular formula is C28H29N3O3S. The van der Waals surface area contributed by atoms with Gasteiger partial charge < -0.3 is 10.1 Å². The maximum atomic E-state index is 13.2. The number of aryl methyl sites for hydroxylation is 1. The second kappa shape index (κ2) is 12.2. The quantitative estimate of drug-likeness (QED) is 0.422. The van der Waals surface area contributed by atoms with Crippen molar-refractivity contribution in [1.82, 2.24) is 4.90 Å². The van der Waals surface area contributed by atoms with Crippen molar-refractivity contribution in [3.05, 3.63) is 90.5 Å². The zero-order valence-corrected chi connectivity index (χ0v) is 20.5. The van der Waals surface area contributed by atoms with Crippen molar-refractivity contribution in [2.45, 2.75) is 31.4 Å². The number of thioether (sulfide) groups is 1. The molecule has 1 N–H and O–H groups in total. The second-order valence-corrected chi connectivity index (χ2v) is 9.30. The van der Waals surface area contributed by atoms with Crippen molar-refractivity contribution in [2.24, 2.45) is 4.99 Å². The summed E-state index contributed by atoms with van der Waals surface area (Å²) in [5.41, 5.74) is 2.62. The van der Waals surface area contributed by atoms with E-state index >= 15 is 0 Å². The van der Waals surface area contributed by atoms with E-state index in [4.69, 9.17) is 9.73 Å². The van der Waals surface area contributed by atoms with E-state index in [2.05, 4.69) is 17.4 Å². The molecule has 7 heteroatoms. The number of hydrogen-bond acceptors (Lipinski definition) is 5. The lowest BCUT2D eigenvalue weighted by Crippen LogP contribution is -2.45. The van der Waals surface area contributed by atoms with Crippen LogP contribution < -0.4 is 10.1 Å². The van der Waals surface area contributed by atoms with E-state index < -0.39 is 5.25 Å². The molecule has 4 rings (SSSR count). The van der Waals surface area contributed by atoms with Crippen LogP contribution in [0, 0.1) is 0 Å². The fourth-order valence-electron chi connectivity index (χ4n) is 3.81. The van der Waals surface area contributed by atoms with Crippen molar-refractivity contribution in [1.29, 1.82) is 0 Å². The van der Waals surface area contributed by atoms with Crippen LogP contribution in [0.3, 0.4) is 0 Å². The summed E-state index contributed by atoms with van der Waals surface area (Å²) >= 11 is 1.34. The third-order valence-electron chi connectivity index (χ3n) is 5.52. The molecule has 1 heterocycles. The van der Waals surface area contributed by atoms with E-state index in [1.165, 1.54) is 17.3 Å². The summed E-state index contributed by atoms with van der Waals surface area (Å²) in [5.74, 6) is 0.380. The van der Waals surface area contributed by atoms with Crippen LogP contribution in [-0.2, 0) is 16.0 Å². The van der Waals surface area contributed by atoms with E-state index in [9.17, 15) is 9.59 Å². The molecule has 0 radical (unpaired) electrons. The summed E-state index contributed by atoms with van der Waals surface area (Å²) < 4.78 is 5.52. The van der Waals surface area contributed by atoms with Crippen molar-refractivity contribution >= 4 is 40.1 Å². The van der Waals surface area contributed by atoms with E-state index in [0.717, 1.165) is 18.5 Å². The fourth-order valence-corrected chi connectivity index (χ4v) is 4.94. The van der Waals surface area contributed by atoms with Crippen LogP contribution in [0.2, 0.25) is 0 Å². The maximum absolute atomic E-state index is 13.2. The minimum Gasteiger partial charge on any atom is -0.494 e. The lowest BCUT2D eigenvalue weighted by Gasteiger charge is -2.32. The lowest BCUT2D eigenvalue weighted by molar-refractivity contribution is -0.129. The average molecular weight is 488 g/mol. The van der Waals surface area contributed by atoms with E-state index in [0.29, 0.717) is 29.8 Å². The highest BCUT2D eigenvalue weighted by Gasteiger charge is 2.35. The monoisotopic (exact) mass is 487 g/mol. The summed E-state index contributed by atoms with van der Waals surface area (Å²) in [6.45, 7) is 3.01. The molecule has 0 bridgehead atoms. The van der Waals surface area contributed by atoms with Gasteiger partial charge in [0.05, 0.1) is 12.3 Å². The number of amidine groups is 1. The van der Waals surface area contributed by atoms with Crippen LogP contribution in [0.25, 0.3) is 0 Å². The predicted molar refractivity (Wildman–Crippen MR) is 142 cm³/mol. The van der Waals surface area contributed by atoms with Gasteiger partial charge in [-0.15, -0.1) is 0 Å². The number of ether oxygens (including phenoxy) is 1. The van der Waals surface area contributed by atoms with Crippen LogP contribution >= 0.6 is 11.8 Å². The van der Waals surface area contributed by atoms with Gasteiger partial charge in [-0.05, 0) is 49.6 Å². The number of carbonyl (C=O) groups excluding carboxylic acids is 2. The highest BCUT2D eigenvalue weighted by molar-refractivity contribution is 8.15. The predicted octanol–water partition coefficient (Wildman–Crippen LogP) is 5.68. The maximum Gasteiger partial charge on any atom is 0.238 e. The molecule has 1 atom stereocenters. The highest BCUT2D eigenvalue weighted by Crippen LogP contribution is 2.30. The first kappa shape index (κ1) is 24.5. The topological polar surface area (TPSA) is 71.0 Å². The van der Waals surface area contributed by atoms with Crippen molar-refractivity contribution in [3.8, 4) is 5.75 Å². The zero-order chi connectivity index (χ0) is 24.5. The molecule has 3 aromatic carbocycles. The second-order valence-electron chi connectivity index (χ2n) is 8.13. The molecule has 0 spiro atoms. The third kappa shape index (κ3) is 6.96. The molecule has 2 amide bonds. The molecule has 180 valence electrons. The molecule has 0 aliphatic carbocycles. The molecule has 0 saturated carbocycles. The first-order valence-electron chi connectivity index (χ1n) is 11.8. The molecule has 1 aliphatic heterocycles. The normalized spacial score (nSPS) is 16.8. The lowest BCUT2D eigenvalue weighted by atomic mass is 10.1. The smallest absolute Gasteiger partial charge is 0.238 e. The summed E-state index contributed by atoms with van der Waals surface area (Å²) in [6, 6.07) is 27.0. The minimum absolute atomic E-state index is 0.0882. The third-order valence-corrected chi connectivity index (χ3v) is 6.70. The Labute approximate surface area is 210 Å². The number of benzene rings is 3.